The van der Waals surface area contributed by atoms with E-state index in [1.54, 1.807) is 19.0 Å². The second-order valence-electron chi connectivity index (χ2n) is 6.08. The van der Waals surface area contributed by atoms with Crippen LogP contribution in [0.2, 0.25) is 0 Å². The van der Waals surface area contributed by atoms with Gasteiger partial charge in [0, 0.05) is 46.3 Å². The summed E-state index contributed by atoms with van der Waals surface area (Å²) in [5.41, 5.74) is 4.80. The van der Waals surface area contributed by atoms with Gasteiger partial charge in [0.2, 0.25) is 0 Å². The van der Waals surface area contributed by atoms with Crippen LogP contribution < -0.4 is 5.73 Å². The molecule has 2 heterocycles. The van der Waals surface area contributed by atoms with Crippen LogP contribution in [-0.2, 0) is 4.79 Å². The Labute approximate surface area is 119 Å². The Morgan fingerprint density at radius 3 is 2.30 bits per heavy atom. The molecule has 2 fully saturated rings. The molecular formula is C13H24N4O3. The number of carboxylic acids is 1. The standard InChI is InChI=1S/C13H24N4O3/c1-15(2)12(20)16-6-3-10(4-7-16)17-8-5-13(14,9-17)11(18)19/h10H,3-9,14H2,1-2H3,(H,18,19). The number of amides is 2. The second kappa shape index (κ2) is 5.57. The first-order valence-electron chi connectivity index (χ1n) is 7.06. The van der Waals surface area contributed by atoms with Crippen molar-refractivity contribution in [3.05, 3.63) is 0 Å². The molecule has 0 aliphatic carbocycles. The minimum absolute atomic E-state index is 0.0450. The van der Waals surface area contributed by atoms with Gasteiger partial charge < -0.3 is 20.6 Å². The number of piperidine rings is 1. The normalized spacial score (nSPS) is 28.6. The van der Waals surface area contributed by atoms with E-state index in [-0.39, 0.29) is 6.03 Å². The highest BCUT2D eigenvalue weighted by atomic mass is 16.4. The third kappa shape index (κ3) is 2.88. The van der Waals surface area contributed by atoms with Gasteiger partial charge >= 0.3 is 12.0 Å². The van der Waals surface area contributed by atoms with Crippen LogP contribution in [0.25, 0.3) is 0 Å². The minimum atomic E-state index is -1.10. The van der Waals surface area contributed by atoms with Crippen molar-refractivity contribution in [1.82, 2.24) is 14.7 Å². The minimum Gasteiger partial charge on any atom is -0.480 e. The zero-order valence-corrected chi connectivity index (χ0v) is 12.2. The quantitative estimate of drug-likeness (QED) is 0.721. The van der Waals surface area contributed by atoms with Gasteiger partial charge in [0.05, 0.1) is 0 Å². The monoisotopic (exact) mass is 284 g/mol. The number of likely N-dealkylation sites (tertiary alicyclic amines) is 2. The first-order valence-corrected chi connectivity index (χ1v) is 7.06. The van der Waals surface area contributed by atoms with Gasteiger partial charge in [0.1, 0.15) is 5.54 Å². The molecule has 2 aliphatic heterocycles. The number of carbonyl (C=O) groups is 2. The van der Waals surface area contributed by atoms with E-state index in [4.69, 9.17) is 10.8 Å². The molecule has 20 heavy (non-hydrogen) atoms. The number of nitrogens with zero attached hydrogens (tertiary/aromatic N) is 3. The van der Waals surface area contributed by atoms with Gasteiger partial charge in [-0.3, -0.25) is 9.69 Å². The van der Waals surface area contributed by atoms with Crippen molar-refractivity contribution in [2.45, 2.75) is 30.8 Å². The summed E-state index contributed by atoms with van der Waals surface area (Å²) in [5.74, 6) is -0.916. The van der Waals surface area contributed by atoms with Crippen LogP contribution in [0.3, 0.4) is 0 Å². The van der Waals surface area contributed by atoms with E-state index in [2.05, 4.69) is 4.90 Å². The number of hydrogen-bond donors (Lipinski definition) is 2. The molecule has 3 N–H and O–H groups in total. The molecule has 0 aromatic carbocycles. The molecule has 7 nitrogen and oxygen atoms in total. The van der Waals surface area contributed by atoms with E-state index in [1.807, 2.05) is 4.90 Å². The largest absolute Gasteiger partial charge is 0.480 e. The first kappa shape index (κ1) is 15.1. The van der Waals surface area contributed by atoms with Gasteiger partial charge in [0.25, 0.3) is 0 Å². The van der Waals surface area contributed by atoms with Crippen molar-refractivity contribution in [3.63, 3.8) is 0 Å². The SMILES string of the molecule is CN(C)C(=O)N1CCC(N2CCC(N)(C(=O)O)C2)CC1. The van der Waals surface area contributed by atoms with Gasteiger partial charge in [-0.1, -0.05) is 0 Å². The summed E-state index contributed by atoms with van der Waals surface area (Å²) in [6, 6.07) is 0.384. The lowest BCUT2D eigenvalue weighted by molar-refractivity contribution is -0.142. The molecule has 0 aromatic rings. The van der Waals surface area contributed by atoms with Crippen LogP contribution in [0.1, 0.15) is 19.3 Å². The van der Waals surface area contributed by atoms with Crippen molar-refractivity contribution in [2.75, 3.05) is 40.3 Å². The van der Waals surface area contributed by atoms with Crippen molar-refractivity contribution in [2.24, 2.45) is 5.73 Å². The van der Waals surface area contributed by atoms with Crippen LogP contribution in [0.4, 0.5) is 4.79 Å². The highest BCUT2D eigenvalue weighted by molar-refractivity contribution is 5.79. The van der Waals surface area contributed by atoms with Gasteiger partial charge in [-0.25, -0.2) is 4.79 Å². The van der Waals surface area contributed by atoms with Gasteiger partial charge in [0.15, 0.2) is 0 Å². The summed E-state index contributed by atoms with van der Waals surface area (Å²) in [7, 11) is 3.51. The number of urea groups is 1. The van der Waals surface area contributed by atoms with E-state index in [1.165, 1.54) is 0 Å². The Bertz CT molecular complexity index is 393. The highest BCUT2D eigenvalue weighted by Crippen LogP contribution is 2.26. The average molecular weight is 284 g/mol. The van der Waals surface area contributed by atoms with Gasteiger partial charge in [-0.05, 0) is 19.3 Å². The van der Waals surface area contributed by atoms with E-state index >= 15 is 0 Å². The van der Waals surface area contributed by atoms with E-state index < -0.39 is 11.5 Å². The van der Waals surface area contributed by atoms with E-state index in [0.29, 0.717) is 19.0 Å². The average Bonchev–Trinajstić information content (AvgIpc) is 2.82. The number of carbonyl (C=O) groups excluding carboxylic acids is 1. The Morgan fingerprint density at radius 2 is 1.85 bits per heavy atom. The molecule has 1 unspecified atom stereocenters. The maximum atomic E-state index is 11.9. The molecule has 0 radical (unpaired) electrons. The maximum absolute atomic E-state index is 11.9. The third-order valence-electron chi connectivity index (χ3n) is 4.39. The van der Waals surface area contributed by atoms with Crippen molar-refractivity contribution < 1.29 is 14.7 Å². The molecule has 0 spiro atoms. The third-order valence-corrected chi connectivity index (χ3v) is 4.39. The Hall–Kier alpha value is -1.34. The molecule has 114 valence electrons. The van der Waals surface area contributed by atoms with Gasteiger partial charge in [-0.15, -0.1) is 0 Å². The van der Waals surface area contributed by atoms with Crippen molar-refractivity contribution in [1.29, 1.82) is 0 Å². The zero-order valence-electron chi connectivity index (χ0n) is 12.2. The molecule has 2 amide bonds. The Kier molecular flexibility index (Phi) is 4.19. The van der Waals surface area contributed by atoms with Crippen molar-refractivity contribution >= 4 is 12.0 Å². The van der Waals surface area contributed by atoms with Crippen LogP contribution in [-0.4, -0.2) is 83.7 Å². The first-order chi connectivity index (χ1) is 9.33. The molecule has 7 heteroatoms. The van der Waals surface area contributed by atoms with E-state index in [9.17, 15) is 9.59 Å². The lowest BCUT2D eigenvalue weighted by Crippen LogP contribution is -2.53. The molecule has 2 aliphatic rings. The lowest BCUT2D eigenvalue weighted by atomic mass is 10.0. The molecule has 2 rings (SSSR count). The van der Waals surface area contributed by atoms with E-state index in [0.717, 1.165) is 32.5 Å². The summed E-state index contributed by atoms with van der Waals surface area (Å²) in [4.78, 5) is 28.6. The molecule has 1 atom stereocenters. The predicted molar refractivity (Wildman–Crippen MR) is 74.4 cm³/mol. The highest BCUT2D eigenvalue weighted by Gasteiger charge is 2.43. The Morgan fingerprint density at radius 1 is 1.25 bits per heavy atom. The Balaban J connectivity index is 1.86. The molecule has 0 aromatic heterocycles. The fourth-order valence-corrected chi connectivity index (χ4v) is 3.06. The predicted octanol–water partition coefficient (Wildman–Crippen LogP) is -0.380. The van der Waals surface area contributed by atoms with Crippen LogP contribution in [0.5, 0.6) is 0 Å². The van der Waals surface area contributed by atoms with Crippen LogP contribution in [0.15, 0.2) is 0 Å². The summed E-state index contributed by atoms with van der Waals surface area (Å²) < 4.78 is 0. The molecular weight excluding hydrogens is 260 g/mol. The van der Waals surface area contributed by atoms with Crippen molar-refractivity contribution in [3.8, 4) is 0 Å². The van der Waals surface area contributed by atoms with Gasteiger partial charge in [-0.2, -0.15) is 0 Å². The topological polar surface area (TPSA) is 90.1 Å². The number of aliphatic carboxylic acids is 1. The fraction of sp³-hybridized carbons (Fsp3) is 0.846. The fourth-order valence-electron chi connectivity index (χ4n) is 3.06. The number of carboxylic acid groups (broad SMARTS) is 1. The number of nitrogens with two attached hydrogens (primary N) is 1. The summed E-state index contributed by atoms with van der Waals surface area (Å²) in [5, 5.41) is 9.15. The van der Waals surface area contributed by atoms with Crippen LogP contribution >= 0.6 is 0 Å². The van der Waals surface area contributed by atoms with Crippen LogP contribution in [0, 0.1) is 0 Å². The zero-order chi connectivity index (χ0) is 14.9. The smallest absolute Gasteiger partial charge is 0.325 e. The lowest BCUT2D eigenvalue weighted by Gasteiger charge is -2.37. The molecule has 0 bridgehead atoms. The number of hydrogen-bond acceptors (Lipinski definition) is 4. The molecule has 0 saturated carbocycles. The summed E-state index contributed by atoms with van der Waals surface area (Å²) >= 11 is 0. The maximum Gasteiger partial charge on any atom is 0.325 e. The second-order valence-corrected chi connectivity index (χ2v) is 6.08. The summed E-state index contributed by atoms with van der Waals surface area (Å²) in [6.45, 7) is 2.59. The number of rotatable bonds is 2. The molecule has 2 saturated heterocycles. The summed E-state index contributed by atoms with van der Waals surface area (Å²) in [6.07, 6.45) is 2.27.